The van der Waals surface area contributed by atoms with Crippen LogP contribution in [-0.2, 0) is 0 Å². The summed E-state index contributed by atoms with van der Waals surface area (Å²) in [4.78, 5) is 19.8. The fraction of sp³-hybridized carbons (Fsp3) is 0.400. The lowest BCUT2D eigenvalue weighted by Crippen LogP contribution is -2.29. The number of carbonyl (C=O) groups is 1. The molecule has 1 saturated heterocycles. The van der Waals surface area contributed by atoms with Gasteiger partial charge in [-0.05, 0) is 26.3 Å². The van der Waals surface area contributed by atoms with Crippen molar-refractivity contribution in [2.24, 2.45) is 0 Å². The Balaban J connectivity index is 1.53. The molecule has 0 bridgehead atoms. The maximum absolute atomic E-state index is 12.6. The minimum absolute atomic E-state index is 0.0138. The molecule has 1 aliphatic rings. The SMILES string of the molecule is Cc1cc(C)n([C@@H]2CCN(C(=O)c3cn4ccsc4n3)C2)n1. The third-order valence-electron chi connectivity index (χ3n) is 4.15. The Morgan fingerprint density at radius 1 is 1.41 bits per heavy atom. The van der Waals surface area contributed by atoms with Gasteiger partial charge in [0.2, 0.25) is 0 Å². The topological polar surface area (TPSA) is 55.4 Å². The second-order valence-electron chi connectivity index (χ2n) is 5.78. The van der Waals surface area contributed by atoms with Gasteiger partial charge in [0.1, 0.15) is 5.69 Å². The number of aryl methyl sites for hydroxylation is 2. The van der Waals surface area contributed by atoms with E-state index in [0.29, 0.717) is 12.2 Å². The lowest BCUT2D eigenvalue weighted by atomic mass is 10.2. The third-order valence-corrected chi connectivity index (χ3v) is 4.92. The lowest BCUT2D eigenvalue weighted by molar-refractivity contribution is 0.0782. The number of amides is 1. The molecule has 0 N–H and O–H groups in total. The van der Waals surface area contributed by atoms with Gasteiger partial charge in [0.25, 0.3) is 5.91 Å². The molecule has 0 radical (unpaired) electrons. The summed E-state index contributed by atoms with van der Waals surface area (Å²) in [6.07, 6.45) is 4.67. The van der Waals surface area contributed by atoms with Crippen molar-refractivity contribution >= 4 is 22.2 Å². The zero-order valence-electron chi connectivity index (χ0n) is 12.6. The summed E-state index contributed by atoms with van der Waals surface area (Å²) in [7, 11) is 0. The summed E-state index contributed by atoms with van der Waals surface area (Å²) in [5.74, 6) is 0.0138. The maximum Gasteiger partial charge on any atom is 0.274 e. The molecule has 0 unspecified atom stereocenters. The molecule has 7 heteroatoms. The van der Waals surface area contributed by atoms with Crippen LogP contribution >= 0.6 is 11.3 Å². The zero-order valence-corrected chi connectivity index (χ0v) is 13.4. The first-order valence-corrected chi connectivity index (χ1v) is 8.24. The van der Waals surface area contributed by atoms with E-state index in [1.54, 1.807) is 0 Å². The second kappa shape index (κ2) is 4.95. The first-order valence-electron chi connectivity index (χ1n) is 7.36. The molecule has 0 spiro atoms. The van der Waals surface area contributed by atoms with E-state index in [2.05, 4.69) is 23.1 Å². The van der Waals surface area contributed by atoms with E-state index < -0.39 is 0 Å². The number of aromatic nitrogens is 4. The molecule has 0 aliphatic carbocycles. The van der Waals surface area contributed by atoms with Gasteiger partial charge in [-0.3, -0.25) is 13.9 Å². The normalized spacial score (nSPS) is 18.5. The summed E-state index contributed by atoms with van der Waals surface area (Å²) < 4.78 is 3.95. The molecule has 6 nitrogen and oxygen atoms in total. The van der Waals surface area contributed by atoms with Gasteiger partial charge in [-0.25, -0.2) is 4.98 Å². The second-order valence-corrected chi connectivity index (χ2v) is 6.66. The van der Waals surface area contributed by atoms with Crippen molar-refractivity contribution < 1.29 is 4.79 Å². The highest BCUT2D eigenvalue weighted by molar-refractivity contribution is 7.15. The summed E-state index contributed by atoms with van der Waals surface area (Å²) in [6, 6.07) is 2.34. The molecular formula is C15H17N5OS. The van der Waals surface area contributed by atoms with Gasteiger partial charge in [0.05, 0.1) is 11.7 Å². The van der Waals surface area contributed by atoms with Gasteiger partial charge >= 0.3 is 0 Å². The van der Waals surface area contributed by atoms with E-state index in [-0.39, 0.29) is 11.9 Å². The molecule has 0 aromatic carbocycles. The standard InChI is InChI=1S/C15H17N5OS/c1-10-7-11(2)20(17-10)12-3-4-18(8-12)14(21)13-9-19-5-6-22-15(19)16-13/h5-7,9,12H,3-4,8H2,1-2H3/t12-/m1/s1. The van der Waals surface area contributed by atoms with Crippen LogP contribution in [-0.4, -0.2) is 43.1 Å². The number of hydrogen-bond acceptors (Lipinski definition) is 4. The Kier molecular flexibility index (Phi) is 3.04. The Morgan fingerprint density at radius 3 is 3.00 bits per heavy atom. The van der Waals surface area contributed by atoms with E-state index in [1.165, 1.54) is 11.3 Å². The van der Waals surface area contributed by atoms with Crippen molar-refractivity contribution in [2.75, 3.05) is 13.1 Å². The van der Waals surface area contributed by atoms with Crippen molar-refractivity contribution in [3.63, 3.8) is 0 Å². The van der Waals surface area contributed by atoms with Crippen LogP contribution in [0.25, 0.3) is 4.96 Å². The molecule has 4 rings (SSSR count). The number of imidazole rings is 1. The number of hydrogen-bond donors (Lipinski definition) is 0. The van der Waals surface area contributed by atoms with Crippen LogP contribution in [0.3, 0.4) is 0 Å². The average molecular weight is 315 g/mol. The quantitative estimate of drug-likeness (QED) is 0.729. The van der Waals surface area contributed by atoms with Gasteiger partial charge in [-0.1, -0.05) is 0 Å². The van der Waals surface area contributed by atoms with Crippen molar-refractivity contribution in [3.05, 3.63) is 40.9 Å². The van der Waals surface area contributed by atoms with Crippen LogP contribution in [0.5, 0.6) is 0 Å². The first kappa shape index (κ1) is 13.5. The highest BCUT2D eigenvalue weighted by Crippen LogP contribution is 2.24. The summed E-state index contributed by atoms with van der Waals surface area (Å²) in [5.41, 5.74) is 2.71. The smallest absolute Gasteiger partial charge is 0.274 e. The number of rotatable bonds is 2. The fourth-order valence-corrected chi connectivity index (χ4v) is 3.83. The average Bonchev–Trinajstić information content (AvgIpc) is 3.19. The molecule has 4 heterocycles. The van der Waals surface area contributed by atoms with Gasteiger partial charge in [0, 0.05) is 36.6 Å². The van der Waals surface area contributed by atoms with Crippen LogP contribution in [0.2, 0.25) is 0 Å². The van der Waals surface area contributed by atoms with Crippen molar-refractivity contribution in [3.8, 4) is 0 Å². The first-order chi connectivity index (χ1) is 10.6. The predicted molar refractivity (Wildman–Crippen MR) is 84.3 cm³/mol. The van der Waals surface area contributed by atoms with Crippen molar-refractivity contribution in [1.29, 1.82) is 0 Å². The largest absolute Gasteiger partial charge is 0.335 e. The number of thiazole rings is 1. The third kappa shape index (κ3) is 2.12. The molecule has 1 amide bonds. The highest BCUT2D eigenvalue weighted by Gasteiger charge is 2.30. The Hall–Kier alpha value is -2.15. The lowest BCUT2D eigenvalue weighted by Gasteiger charge is -2.16. The molecule has 3 aromatic heterocycles. The highest BCUT2D eigenvalue weighted by atomic mass is 32.1. The van der Waals surface area contributed by atoms with Gasteiger partial charge in [-0.2, -0.15) is 5.10 Å². The monoisotopic (exact) mass is 315 g/mol. The summed E-state index contributed by atoms with van der Waals surface area (Å²) >= 11 is 1.54. The van der Waals surface area contributed by atoms with Gasteiger partial charge in [-0.15, -0.1) is 11.3 Å². The van der Waals surface area contributed by atoms with E-state index in [4.69, 9.17) is 0 Å². The fourth-order valence-electron chi connectivity index (χ4n) is 3.13. The molecule has 1 aliphatic heterocycles. The van der Waals surface area contributed by atoms with Crippen LogP contribution < -0.4 is 0 Å². The minimum Gasteiger partial charge on any atom is -0.335 e. The Morgan fingerprint density at radius 2 is 2.27 bits per heavy atom. The zero-order chi connectivity index (χ0) is 15.3. The molecular weight excluding hydrogens is 298 g/mol. The van der Waals surface area contributed by atoms with Crippen molar-refractivity contribution in [1.82, 2.24) is 24.1 Å². The van der Waals surface area contributed by atoms with Crippen LogP contribution in [0.4, 0.5) is 0 Å². The summed E-state index contributed by atoms with van der Waals surface area (Å²) in [5, 5.41) is 6.51. The molecule has 1 fully saturated rings. The summed E-state index contributed by atoms with van der Waals surface area (Å²) in [6.45, 7) is 5.52. The molecule has 22 heavy (non-hydrogen) atoms. The predicted octanol–water partition coefficient (Wildman–Crippen LogP) is 2.30. The van der Waals surface area contributed by atoms with Crippen LogP contribution in [0.1, 0.15) is 34.3 Å². The van der Waals surface area contributed by atoms with Gasteiger partial charge < -0.3 is 4.90 Å². The Labute approximate surface area is 132 Å². The van der Waals surface area contributed by atoms with E-state index in [9.17, 15) is 4.79 Å². The number of carbonyl (C=O) groups excluding carboxylic acids is 1. The van der Waals surface area contributed by atoms with E-state index in [0.717, 1.165) is 29.3 Å². The van der Waals surface area contributed by atoms with Crippen molar-refractivity contribution in [2.45, 2.75) is 26.3 Å². The Bertz CT molecular complexity index is 817. The molecule has 0 saturated carbocycles. The minimum atomic E-state index is 0.0138. The van der Waals surface area contributed by atoms with Gasteiger partial charge in [0.15, 0.2) is 4.96 Å². The number of nitrogens with zero attached hydrogens (tertiary/aromatic N) is 5. The molecule has 1 atom stereocenters. The number of likely N-dealkylation sites (tertiary alicyclic amines) is 1. The van der Waals surface area contributed by atoms with Crippen LogP contribution in [0, 0.1) is 13.8 Å². The van der Waals surface area contributed by atoms with E-state index >= 15 is 0 Å². The molecule has 3 aromatic rings. The molecule has 114 valence electrons. The van der Waals surface area contributed by atoms with E-state index in [1.807, 2.05) is 38.7 Å². The number of fused-ring (bicyclic) bond motifs is 1. The van der Waals surface area contributed by atoms with Crippen LogP contribution in [0.15, 0.2) is 23.8 Å². The maximum atomic E-state index is 12.6.